The lowest BCUT2D eigenvalue weighted by atomic mass is 9.98. The van der Waals surface area contributed by atoms with Crippen LogP contribution in [-0.4, -0.2) is 37.7 Å². The monoisotopic (exact) mass is 399 g/mol. The largest absolute Gasteiger partial charge is 0.478 e. The molecule has 0 unspecified atom stereocenters. The summed E-state index contributed by atoms with van der Waals surface area (Å²) in [7, 11) is 1.70. The second-order valence-corrected chi connectivity index (χ2v) is 7.42. The Kier molecular flexibility index (Phi) is 5.40. The molecule has 4 rings (SSSR count). The summed E-state index contributed by atoms with van der Waals surface area (Å²) in [4.78, 5) is 15.2. The molecule has 5 nitrogen and oxygen atoms in total. The van der Waals surface area contributed by atoms with Crippen molar-refractivity contribution >= 4 is 23.5 Å². The summed E-state index contributed by atoms with van der Waals surface area (Å²) in [6.45, 7) is 4.66. The number of hydrogen-bond donors (Lipinski definition) is 0. The summed E-state index contributed by atoms with van der Waals surface area (Å²) in [6.07, 6.45) is 2.62. The van der Waals surface area contributed by atoms with Gasteiger partial charge in [0.2, 0.25) is 5.78 Å². The second kappa shape index (κ2) is 7.95. The fourth-order valence-electron chi connectivity index (χ4n) is 3.59. The third-order valence-electron chi connectivity index (χ3n) is 5.00. The van der Waals surface area contributed by atoms with E-state index in [-0.39, 0.29) is 11.5 Å². The van der Waals surface area contributed by atoms with Gasteiger partial charge in [0.1, 0.15) is 18.2 Å². The van der Waals surface area contributed by atoms with Crippen LogP contribution in [0.5, 0.6) is 11.5 Å². The molecule has 0 saturated carbocycles. The lowest BCUT2D eigenvalue weighted by Crippen LogP contribution is -2.33. The number of allylic oxidation sites excluding steroid dienone is 1. The van der Waals surface area contributed by atoms with Gasteiger partial charge in [-0.1, -0.05) is 29.8 Å². The summed E-state index contributed by atoms with van der Waals surface area (Å²) in [5.41, 5.74) is 3.14. The number of nitrogens with zero attached hydrogens (tertiary/aromatic N) is 1. The van der Waals surface area contributed by atoms with Gasteiger partial charge in [0.05, 0.1) is 11.1 Å². The smallest absolute Gasteiger partial charge is 0.232 e. The third-order valence-corrected chi connectivity index (χ3v) is 5.35. The summed E-state index contributed by atoms with van der Waals surface area (Å²) < 4.78 is 17.1. The Balaban J connectivity index is 1.66. The molecule has 2 aliphatic heterocycles. The predicted octanol–water partition coefficient (Wildman–Crippen LogP) is 4.45. The third kappa shape index (κ3) is 3.53. The summed E-state index contributed by atoms with van der Waals surface area (Å²) in [5, 5.41) is 0.578. The SMILES string of the molecule is COCCCN1COc2cc(C)c3c(c2C1)O/C(=C\c1ccccc1Cl)C3=O. The van der Waals surface area contributed by atoms with E-state index in [0.717, 1.165) is 35.4 Å². The Morgan fingerprint density at radius 2 is 2.14 bits per heavy atom. The average molecular weight is 400 g/mol. The van der Waals surface area contributed by atoms with Crippen LogP contribution >= 0.6 is 11.6 Å². The molecule has 0 bridgehead atoms. The van der Waals surface area contributed by atoms with Crippen molar-refractivity contribution < 1.29 is 19.0 Å². The van der Waals surface area contributed by atoms with E-state index in [0.29, 0.717) is 36.2 Å². The molecule has 2 aliphatic rings. The second-order valence-electron chi connectivity index (χ2n) is 7.01. The van der Waals surface area contributed by atoms with E-state index >= 15 is 0 Å². The molecule has 0 aromatic heterocycles. The van der Waals surface area contributed by atoms with Crippen LogP contribution in [0, 0.1) is 6.92 Å². The molecule has 2 aromatic carbocycles. The Morgan fingerprint density at radius 3 is 2.93 bits per heavy atom. The molecule has 28 heavy (non-hydrogen) atoms. The Morgan fingerprint density at radius 1 is 1.32 bits per heavy atom. The zero-order valence-corrected chi connectivity index (χ0v) is 16.7. The minimum atomic E-state index is -0.119. The number of methoxy groups -OCH3 is 1. The minimum absolute atomic E-state index is 0.119. The molecule has 6 heteroatoms. The van der Waals surface area contributed by atoms with Crippen LogP contribution in [0.15, 0.2) is 36.1 Å². The quantitative estimate of drug-likeness (QED) is 0.549. The van der Waals surface area contributed by atoms with Crippen molar-refractivity contribution in [3.63, 3.8) is 0 Å². The number of aryl methyl sites for hydroxylation is 1. The van der Waals surface area contributed by atoms with Crippen molar-refractivity contribution in [2.45, 2.75) is 19.9 Å². The Hall–Kier alpha value is -2.34. The van der Waals surface area contributed by atoms with Gasteiger partial charge in [-0.05, 0) is 42.7 Å². The number of benzene rings is 2. The number of halogens is 1. The summed E-state index contributed by atoms with van der Waals surface area (Å²) in [6, 6.07) is 9.31. The molecule has 2 aromatic rings. The van der Waals surface area contributed by atoms with E-state index in [1.165, 1.54) is 0 Å². The van der Waals surface area contributed by atoms with Crippen LogP contribution in [0.4, 0.5) is 0 Å². The zero-order chi connectivity index (χ0) is 19.7. The fourth-order valence-corrected chi connectivity index (χ4v) is 3.78. The molecule has 0 atom stereocenters. The maximum atomic E-state index is 13.0. The molecule has 0 spiro atoms. The first-order valence-electron chi connectivity index (χ1n) is 9.28. The van der Waals surface area contributed by atoms with Crippen LogP contribution < -0.4 is 9.47 Å². The molecule has 0 radical (unpaired) electrons. The molecule has 2 heterocycles. The Bertz CT molecular complexity index is 954. The number of fused-ring (bicyclic) bond motifs is 3. The standard InChI is InChI=1S/C22H22ClNO4/c1-14-10-18-16(12-24(13-27-18)8-5-9-26-2)22-20(14)21(25)19(28-22)11-15-6-3-4-7-17(15)23/h3-4,6-7,10-11H,5,8-9,12-13H2,1-2H3/b19-11-. The molecule has 0 N–H and O–H groups in total. The number of ketones is 1. The van der Waals surface area contributed by atoms with Crippen molar-refractivity contribution in [3.05, 3.63) is 63.4 Å². The van der Waals surface area contributed by atoms with Crippen molar-refractivity contribution in [1.82, 2.24) is 4.90 Å². The highest BCUT2D eigenvalue weighted by molar-refractivity contribution is 6.32. The van der Waals surface area contributed by atoms with Gasteiger partial charge in [-0.2, -0.15) is 0 Å². The van der Waals surface area contributed by atoms with Crippen LogP contribution in [-0.2, 0) is 11.3 Å². The lowest BCUT2D eigenvalue weighted by Gasteiger charge is -2.30. The van der Waals surface area contributed by atoms with E-state index in [9.17, 15) is 4.79 Å². The topological polar surface area (TPSA) is 48.0 Å². The Labute approximate surface area is 169 Å². The number of ether oxygens (including phenoxy) is 3. The minimum Gasteiger partial charge on any atom is -0.478 e. The lowest BCUT2D eigenvalue weighted by molar-refractivity contribution is 0.0822. The average Bonchev–Trinajstić information content (AvgIpc) is 3.01. The molecular formula is C22H22ClNO4. The highest BCUT2D eigenvalue weighted by Gasteiger charge is 2.35. The van der Waals surface area contributed by atoms with Crippen LogP contribution in [0.3, 0.4) is 0 Å². The van der Waals surface area contributed by atoms with Crippen molar-refractivity contribution in [3.8, 4) is 11.5 Å². The van der Waals surface area contributed by atoms with Gasteiger partial charge in [0.25, 0.3) is 0 Å². The van der Waals surface area contributed by atoms with E-state index in [1.807, 2.05) is 31.2 Å². The number of hydrogen-bond acceptors (Lipinski definition) is 5. The number of Topliss-reactive ketones (excluding diaryl/α,β-unsaturated/α-hetero) is 1. The zero-order valence-electron chi connectivity index (χ0n) is 16.0. The van der Waals surface area contributed by atoms with E-state index in [1.54, 1.807) is 19.3 Å². The van der Waals surface area contributed by atoms with Crippen molar-refractivity contribution in [2.75, 3.05) is 27.0 Å². The number of carbonyl (C=O) groups is 1. The molecule has 146 valence electrons. The van der Waals surface area contributed by atoms with Gasteiger partial charge in [-0.3, -0.25) is 9.69 Å². The number of rotatable bonds is 5. The van der Waals surface area contributed by atoms with Crippen molar-refractivity contribution in [2.24, 2.45) is 0 Å². The summed E-state index contributed by atoms with van der Waals surface area (Å²) in [5.74, 6) is 1.56. The first-order chi connectivity index (χ1) is 13.6. The molecule has 0 amide bonds. The van der Waals surface area contributed by atoms with E-state index in [4.69, 9.17) is 25.8 Å². The van der Waals surface area contributed by atoms with Crippen LogP contribution in [0.1, 0.15) is 33.5 Å². The highest BCUT2D eigenvalue weighted by atomic mass is 35.5. The summed E-state index contributed by atoms with van der Waals surface area (Å²) >= 11 is 6.24. The maximum Gasteiger partial charge on any atom is 0.232 e. The van der Waals surface area contributed by atoms with Gasteiger partial charge in [0.15, 0.2) is 5.76 Å². The van der Waals surface area contributed by atoms with Crippen LogP contribution in [0.25, 0.3) is 6.08 Å². The normalized spacial score (nSPS) is 17.2. The van der Waals surface area contributed by atoms with Crippen molar-refractivity contribution in [1.29, 1.82) is 0 Å². The predicted molar refractivity (Wildman–Crippen MR) is 108 cm³/mol. The molecule has 0 saturated heterocycles. The first-order valence-corrected chi connectivity index (χ1v) is 9.65. The number of carbonyl (C=O) groups excluding carboxylic acids is 1. The molecule has 0 fully saturated rings. The highest BCUT2D eigenvalue weighted by Crippen LogP contribution is 2.44. The van der Waals surface area contributed by atoms with Gasteiger partial charge < -0.3 is 14.2 Å². The maximum absolute atomic E-state index is 13.0. The fraction of sp³-hybridized carbons (Fsp3) is 0.318. The van der Waals surface area contributed by atoms with Gasteiger partial charge >= 0.3 is 0 Å². The van der Waals surface area contributed by atoms with E-state index in [2.05, 4.69) is 4.90 Å². The molecular weight excluding hydrogens is 378 g/mol. The van der Waals surface area contributed by atoms with Gasteiger partial charge in [-0.15, -0.1) is 0 Å². The molecule has 0 aliphatic carbocycles. The first kappa shape index (κ1) is 19.0. The van der Waals surface area contributed by atoms with Gasteiger partial charge in [-0.25, -0.2) is 0 Å². The van der Waals surface area contributed by atoms with Crippen LogP contribution in [0.2, 0.25) is 5.02 Å². The van der Waals surface area contributed by atoms with E-state index < -0.39 is 0 Å². The van der Waals surface area contributed by atoms with Gasteiger partial charge in [0, 0.05) is 31.8 Å².